The highest BCUT2D eigenvalue weighted by Crippen LogP contribution is 2.62. The van der Waals surface area contributed by atoms with Gasteiger partial charge in [0.25, 0.3) is 0 Å². The fraction of sp³-hybridized carbons (Fsp3) is 0.212. The van der Waals surface area contributed by atoms with Gasteiger partial charge < -0.3 is 9.80 Å². The topological polar surface area (TPSA) is 6.48 Å². The summed E-state index contributed by atoms with van der Waals surface area (Å²) in [6, 6.07) is 68.2. The van der Waals surface area contributed by atoms with E-state index in [-0.39, 0.29) is 21.7 Å². The molecule has 0 saturated heterocycles. The second kappa shape index (κ2) is 14.7. The minimum atomic E-state index is -0.297. The summed E-state index contributed by atoms with van der Waals surface area (Å²) in [6.45, 7) is 24.2. The summed E-state index contributed by atoms with van der Waals surface area (Å²) in [4.78, 5) is 4.82. The van der Waals surface area contributed by atoms with Crippen molar-refractivity contribution in [3.05, 3.63) is 215 Å². The molecule has 0 heterocycles. The molecule has 0 fully saturated rings. The molecule has 0 N–H and O–H groups in total. The minimum Gasteiger partial charge on any atom is -0.310 e. The van der Waals surface area contributed by atoms with Gasteiger partial charge in [0.05, 0.1) is 0 Å². The first-order chi connectivity index (χ1) is 32.5. The van der Waals surface area contributed by atoms with E-state index in [1.54, 1.807) is 0 Å². The Labute approximate surface area is 402 Å². The van der Waals surface area contributed by atoms with Gasteiger partial charge in [-0.1, -0.05) is 166 Å². The first-order valence-electron chi connectivity index (χ1n) is 24.5. The summed E-state index contributed by atoms with van der Waals surface area (Å²) >= 11 is 0. The number of rotatable bonds is 6. The molecular formula is C66H60N2. The van der Waals surface area contributed by atoms with Crippen LogP contribution in [0, 0.1) is 0 Å². The van der Waals surface area contributed by atoms with E-state index in [1.807, 2.05) is 0 Å². The maximum Gasteiger partial charge on any atom is 0.0465 e. The molecular weight excluding hydrogens is 821 g/mol. The molecule has 0 aliphatic heterocycles. The Morgan fingerprint density at radius 3 is 0.912 bits per heavy atom. The Bertz CT molecular complexity index is 3280. The number of hydrogen-bond acceptors (Lipinski definition) is 2. The molecule has 2 nitrogen and oxygen atoms in total. The molecule has 2 aliphatic rings. The van der Waals surface area contributed by atoms with E-state index in [9.17, 15) is 0 Å². The van der Waals surface area contributed by atoms with Crippen LogP contribution in [0.5, 0.6) is 0 Å². The van der Waals surface area contributed by atoms with Gasteiger partial charge in [0.1, 0.15) is 0 Å². The van der Waals surface area contributed by atoms with Gasteiger partial charge in [0.15, 0.2) is 0 Å². The van der Waals surface area contributed by atoms with Gasteiger partial charge in [-0.2, -0.15) is 0 Å². The van der Waals surface area contributed by atoms with E-state index in [0.29, 0.717) is 0 Å². The van der Waals surface area contributed by atoms with E-state index in [2.05, 4.69) is 261 Å². The molecule has 0 amide bonds. The number of benzene rings is 10. The summed E-state index contributed by atoms with van der Waals surface area (Å²) in [7, 11) is 0. The second-order valence-electron chi connectivity index (χ2n) is 22.6. The van der Waals surface area contributed by atoms with Crippen molar-refractivity contribution >= 4 is 66.4 Å². The quantitative estimate of drug-likeness (QED) is 0.154. The monoisotopic (exact) mass is 880 g/mol. The molecule has 68 heavy (non-hydrogen) atoms. The average molecular weight is 881 g/mol. The van der Waals surface area contributed by atoms with Gasteiger partial charge in [-0.25, -0.2) is 0 Å². The SMILES string of the molecule is CC(C)(C)c1cc2c3c(c4cc(C(C)(C)C)cc5c6c(c(c1)c2c54)C(C)(C)c1cc(N(c2ccccc2)c2ccccc2)ccc1-6)C(C)(C)c1cc(N(c2ccccc2)c2ccccc2)ccc1-3. The second-order valence-corrected chi connectivity index (χ2v) is 22.6. The summed E-state index contributed by atoms with van der Waals surface area (Å²) in [5.74, 6) is 0. The Kier molecular flexibility index (Phi) is 9.11. The third kappa shape index (κ3) is 6.15. The van der Waals surface area contributed by atoms with Crippen molar-refractivity contribution in [2.75, 3.05) is 9.80 Å². The van der Waals surface area contributed by atoms with Crippen molar-refractivity contribution in [1.82, 2.24) is 0 Å². The number of anilines is 6. The van der Waals surface area contributed by atoms with Gasteiger partial charge in [-0.05, 0) is 184 Å². The van der Waals surface area contributed by atoms with Crippen LogP contribution in [0.4, 0.5) is 34.1 Å². The Balaban J connectivity index is 1.17. The number of nitrogens with zero attached hydrogens (tertiary/aromatic N) is 2. The smallest absolute Gasteiger partial charge is 0.0465 e. The van der Waals surface area contributed by atoms with Gasteiger partial charge in [-0.3, -0.25) is 0 Å². The molecule has 0 spiro atoms. The highest BCUT2D eigenvalue weighted by atomic mass is 15.1. The van der Waals surface area contributed by atoms with E-state index >= 15 is 0 Å². The summed E-state index contributed by atoms with van der Waals surface area (Å²) in [5, 5.41) is 8.33. The summed E-state index contributed by atoms with van der Waals surface area (Å²) in [5.41, 5.74) is 20.1. The van der Waals surface area contributed by atoms with Gasteiger partial charge in [-0.15, -0.1) is 0 Å². The zero-order valence-corrected chi connectivity index (χ0v) is 41.2. The normalized spacial score (nSPS) is 14.6. The fourth-order valence-electron chi connectivity index (χ4n) is 12.2. The lowest BCUT2D eigenvalue weighted by Crippen LogP contribution is -2.19. The van der Waals surface area contributed by atoms with Crippen LogP contribution in [0.2, 0.25) is 0 Å². The van der Waals surface area contributed by atoms with Crippen molar-refractivity contribution in [3.8, 4) is 22.3 Å². The lowest BCUT2D eigenvalue weighted by molar-refractivity contribution is 0.591. The van der Waals surface area contributed by atoms with Crippen LogP contribution in [0.1, 0.15) is 103 Å². The van der Waals surface area contributed by atoms with Crippen molar-refractivity contribution in [3.63, 3.8) is 0 Å². The fourth-order valence-corrected chi connectivity index (χ4v) is 12.2. The van der Waals surface area contributed by atoms with Crippen LogP contribution in [0.25, 0.3) is 54.6 Å². The Hall–Kier alpha value is -7.16. The van der Waals surface area contributed by atoms with Crippen molar-refractivity contribution < 1.29 is 0 Å². The molecule has 10 aromatic rings. The maximum absolute atomic E-state index is 2.58. The summed E-state index contributed by atoms with van der Waals surface area (Å²) < 4.78 is 0. The first kappa shape index (κ1) is 42.2. The predicted octanol–water partition coefficient (Wildman–Crippen LogP) is 18.7. The Morgan fingerprint density at radius 1 is 0.324 bits per heavy atom. The molecule has 0 radical (unpaired) electrons. The lowest BCUT2D eigenvalue weighted by Gasteiger charge is -2.31. The van der Waals surface area contributed by atoms with E-state index in [4.69, 9.17) is 0 Å². The highest BCUT2D eigenvalue weighted by Gasteiger charge is 2.44. The van der Waals surface area contributed by atoms with Crippen molar-refractivity contribution in [1.29, 1.82) is 0 Å². The van der Waals surface area contributed by atoms with Crippen molar-refractivity contribution in [2.24, 2.45) is 0 Å². The summed E-state index contributed by atoms with van der Waals surface area (Å²) in [6.07, 6.45) is 0. The molecule has 0 atom stereocenters. The molecule has 12 rings (SSSR count). The minimum absolute atomic E-state index is 0.0784. The third-order valence-corrected chi connectivity index (χ3v) is 15.6. The van der Waals surface area contributed by atoms with Gasteiger partial charge in [0.2, 0.25) is 0 Å². The van der Waals surface area contributed by atoms with Gasteiger partial charge in [0, 0.05) is 45.0 Å². The standard InChI is InChI=1S/C66H60N2/c1-63(2,3)41-35-51-57-53(37-41)61-60(50-34-32-48(40-56(50)65(61,7)8)68(45-27-19-13-20-28-45)46-29-21-14-22-30-46)52-36-42(64(4,5)6)38-54(58(52)57)62-59(51)49-33-31-47(39-55(49)66(62,9)10)67(43-23-15-11-16-24-43)44-25-17-12-18-26-44/h11-40H,1-10H3. The maximum atomic E-state index is 2.58. The number of fused-ring (bicyclic) bond motifs is 10. The molecule has 0 aromatic heterocycles. The molecule has 10 aromatic carbocycles. The number of hydrogen-bond donors (Lipinski definition) is 0. The van der Waals surface area contributed by atoms with Crippen LogP contribution < -0.4 is 9.80 Å². The van der Waals surface area contributed by atoms with Crippen LogP contribution in [0.15, 0.2) is 182 Å². The molecule has 0 saturated carbocycles. The average Bonchev–Trinajstić information content (AvgIpc) is 3.71. The zero-order chi connectivity index (χ0) is 47.1. The van der Waals surface area contributed by atoms with Crippen LogP contribution >= 0.6 is 0 Å². The first-order valence-corrected chi connectivity index (χ1v) is 24.5. The van der Waals surface area contributed by atoms with Gasteiger partial charge >= 0.3 is 0 Å². The van der Waals surface area contributed by atoms with Crippen LogP contribution in [-0.4, -0.2) is 0 Å². The molecule has 0 bridgehead atoms. The largest absolute Gasteiger partial charge is 0.310 e. The molecule has 334 valence electrons. The van der Waals surface area contributed by atoms with E-state index in [0.717, 1.165) is 22.7 Å². The predicted molar refractivity (Wildman–Crippen MR) is 292 cm³/mol. The zero-order valence-electron chi connectivity index (χ0n) is 41.2. The third-order valence-electron chi connectivity index (χ3n) is 15.6. The molecule has 2 heteroatoms. The van der Waals surface area contributed by atoms with E-state index < -0.39 is 0 Å². The van der Waals surface area contributed by atoms with Crippen LogP contribution in [-0.2, 0) is 21.7 Å². The molecule has 0 unspecified atom stereocenters. The molecule has 2 aliphatic carbocycles. The lowest BCUT2D eigenvalue weighted by atomic mass is 9.72. The highest BCUT2D eigenvalue weighted by molar-refractivity contribution is 6.33. The van der Waals surface area contributed by atoms with Crippen molar-refractivity contribution in [2.45, 2.75) is 90.9 Å². The Morgan fingerprint density at radius 2 is 0.618 bits per heavy atom. The number of para-hydroxylation sites is 4. The van der Waals surface area contributed by atoms with Crippen LogP contribution in [0.3, 0.4) is 0 Å². The van der Waals surface area contributed by atoms with E-state index in [1.165, 1.54) is 99.3 Å².